The molecule has 128 valence electrons. The molecule has 8 heteroatoms. The third-order valence-corrected chi connectivity index (χ3v) is 4.62. The number of nitrogens with one attached hydrogen (secondary N) is 2. The molecule has 0 spiro atoms. The van der Waals surface area contributed by atoms with Gasteiger partial charge in [0.25, 0.3) is 0 Å². The van der Waals surface area contributed by atoms with Gasteiger partial charge in [-0.2, -0.15) is 5.10 Å². The number of amides is 2. The maximum atomic E-state index is 12.3. The molecule has 2 N–H and O–H groups in total. The van der Waals surface area contributed by atoms with Gasteiger partial charge in [-0.15, -0.1) is 0 Å². The Balaban J connectivity index is 1.70. The monoisotopic (exact) mass is 394 g/mol. The molecule has 24 heavy (non-hydrogen) atoms. The van der Waals surface area contributed by atoms with Crippen LogP contribution in [0.25, 0.3) is 0 Å². The molecule has 1 aromatic carbocycles. The number of carbonyl (C=O) groups is 1. The van der Waals surface area contributed by atoms with Gasteiger partial charge in [-0.3, -0.25) is 4.68 Å². The number of urea groups is 1. The van der Waals surface area contributed by atoms with Crippen LogP contribution >= 0.6 is 15.9 Å². The second kappa shape index (κ2) is 6.72. The minimum atomic E-state index is -0.303. The molecular weight excluding hydrogens is 376 g/mol. The number of ether oxygens (including phenoxy) is 2. The maximum Gasteiger partial charge on any atom is 0.319 e. The summed E-state index contributed by atoms with van der Waals surface area (Å²) in [7, 11) is 1.87. The first-order chi connectivity index (χ1) is 11.5. The van der Waals surface area contributed by atoms with Gasteiger partial charge in [-0.25, -0.2) is 4.79 Å². The van der Waals surface area contributed by atoms with Crippen LogP contribution in [-0.4, -0.2) is 29.0 Å². The molecule has 1 aliphatic rings. The molecule has 0 aliphatic carbocycles. The van der Waals surface area contributed by atoms with Crippen LogP contribution in [-0.2, 0) is 7.05 Å². The molecule has 2 amide bonds. The fourth-order valence-corrected chi connectivity index (χ4v) is 2.95. The second-order valence-electron chi connectivity index (χ2n) is 5.60. The van der Waals surface area contributed by atoms with E-state index in [1.807, 2.05) is 20.9 Å². The highest BCUT2D eigenvalue weighted by Crippen LogP contribution is 2.38. The number of rotatable bonds is 3. The molecule has 1 aliphatic heterocycles. The summed E-state index contributed by atoms with van der Waals surface area (Å²) in [6.45, 7) is 4.91. The fraction of sp³-hybridized carbons (Fsp3) is 0.375. The molecule has 0 saturated carbocycles. The lowest BCUT2D eigenvalue weighted by Gasteiger charge is -2.20. The molecule has 2 aromatic rings. The largest absolute Gasteiger partial charge is 0.486 e. The van der Waals surface area contributed by atoms with E-state index in [0.717, 1.165) is 15.7 Å². The summed E-state index contributed by atoms with van der Waals surface area (Å²) < 4.78 is 13.6. The zero-order valence-electron chi connectivity index (χ0n) is 13.7. The normalized spacial score (nSPS) is 14.2. The van der Waals surface area contributed by atoms with Crippen molar-refractivity contribution in [2.75, 3.05) is 18.5 Å². The number of anilines is 1. The summed E-state index contributed by atoms with van der Waals surface area (Å²) in [4.78, 5) is 12.3. The number of carbonyl (C=O) groups excluding carboxylic acids is 1. The Kier molecular flexibility index (Phi) is 4.66. The van der Waals surface area contributed by atoms with Gasteiger partial charge in [-0.05, 0) is 29.8 Å². The second-order valence-corrected chi connectivity index (χ2v) is 6.46. The number of nitrogens with zero attached hydrogens (tertiary/aromatic N) is 2. The van der Waals surface area contributed by atoms with E-state index >= 15 is 0 Å². The van der Waals surface area contributed by atoms with E-state index in [2.05, 4.69) is 31.7 Å². The smallest absolute Gasteiger partial charge is 0.319 e. The zero-order chi connectivity index (χ0) is 17.3. The Morgan fingerprint density at radius 3 is 2.62 bits per heavy atom. The third kappa shape index (κ3) is 3.33. The third-order valence-electron chi connectivity index (χ3n) is 3.97. The molecule has 0 saturated heterocycles. The predicted octanol–water partition coefficient (Wildman–Crippen LogP) is 3.14. The molecule has 3 rings (SSSR count). The lowest BCUT2D eigenvalue weighted by Crippen LogP contribution is -2.31. The van der Waals surface area contributed by atoms with Crippen molar-refractivity contribution in [3.05, 3.63) is 34.1 Å². The zero-order valence-corrected chi connectivity index (χ0v) is 15.3. The van der Waals surface area contributed by atoms with Crippen LogP contribution < -0.4 is 20.1 Å². The average Bonchev–Trinajstić information content (AvgIpc) is 2.87. The molecule has 7 nitrogen and oxygen atoms in total. The minimum Gasteiger partial charge on any atom is -0.486 e. The van der Waals surface area contributed by atoms with Gasteiger partial charge in [0.15, 0.2) is 11.5 Å². The first-order valence-corrected chi connectivity index (χ1v) is 8.40. The molecular formula is C16H19BrN4O3. The first kappa shape index (κ1) is 16.6. The Bertz CT molecular complexity index is 775. The summed E-state index contributed by atoms with van der Waals surface area (Å²) >= 11 is 3.44. The molecule has 1 unspecified atom stereocenters. The molecule has 0 radical (unpaired) electrons. The number of aromatic nitrogens is 2. The van der Waals surface area contributed by atoms with Crippen molar-refractivity contribution in [1.29, 1.82) is 0 Å². The maximum absolute atomic E-state index is 12.3. The SMILES string of the molecule is Cc1c(C(C)NC(=O)Nc2cc3c(cc2Br)OCCO3)cnn1C. The van der Waals surface area contributed by atoms with Crippen molar-refractivity contribution in [3.63, 3.8) is 0 Å². The highest BCUT2D eigenvalue weighted by Gasteiger charge is 2.18. The van der Waals surface area contributed by atoms with Crippen molar-refractivity contribution in [3.8, 4) is 11.5 Å². The van der Waals surface area contributed by atoms with Gasteiger partial charge < -0.3 is 20.1 Å². The van der Waals surface area contributed by atoms with E-state index in [1.165, 1.54) is 0 Å². The fourth-order valence-electron chi connectivity index (χ4n) is 2.53. The van der Waals surface area contributed by atoms with Crippen molar-refractivity contribution in [1.82, 2.24) is 15.1 Å². The molecule has 0 bridgehead atoms. The van der Waals surface area contributed by atoms with E-state index in [4.69, 9.17) is 9.47 Å². The van der Waals surface area contributed by atoms with E-state index in [-0.39, 0.29) is 12.1 Å². The van der Waals surface area contributed by atoms with E-state index in [1.54, 1.807) is 23.0 Å². The quantitative estimate of drug-likeness (QED) is 0.837. The number of benzene rings is 1. The lowest BCUT2D eigenvalue weighted by molar-refractivity contribution is 0.171. The number of aryl methyl sites for hydroxylation is 1. The molecule has 1 atom stereocenters. The van der Waals surface area contributed by atoms with E-state index in [0.29, 0.717) is 30.4 Å². The summed E-state index contributed by atoms with van der Waals surface area (Å²) in [5.41, 5.74) is 2.61. The van der Waals surface area contributed by atoms with E-state index in [9.17, 15) is 4.79 Å². The van der Waals surface area contributed by atoms with Crippen LogP contribution in [0.2, 0.25) is 0 Å². The van der Waals surface area contributed by atoms with Crippen molar-refractivity contribution in [2.24, 2.45) is 7.05 Å². The number of fused-ring (bicyclic) bond motifs is 1. The Hall–Kier alpha value is -2.22. The van der Waals surface area contributed by atoms with Crippen molar-refractivity contribution < 1.29 is 14.3 Å². The number of hydrogen-bond donors (Lipinski definition) is 2. The van der Waals surface area contributed by atoms with Crippen LogP contribution in [0.3, 0.4) is 0 Å². The molecule has 1 aromatic heterocycles. The summed E-state index contributed by atoms with van der Waals surface area (Å²) in [6, 6.07) is 3.08. The van der Waals surface area contributed by atoms with Crippen molar-refractivity contribution >= 4 is 27.6 Å². The summed E-state index contributed by atoms with van der Waals surface area (Å²) in [5.74, 6) is 1.29. The van der Waals surface area contributed by atoms with Gasteiger partial charge in [-0.1, -0.05) is 0 Å². The average molecular weight is 395 g/mol. The van der Waals surface area contributed by atoms with Gasteiger partial charge in [0.2, 0.25) is 0 Å². The summed E-state index contributed by atoms with van der Waals surface area (Å²) in [6.07, 6.45) is 1.76. The minimum absolute atomic E-state index is 0.158. The van der Waals surface area contributed by atoms with Gasteiger partial charge >= 0.3 is 6.03 Å². The highest BCUT2D eigenvalue weighted by atomic mass is 79.9. The highest BCUT2D eigenvalue weighted by molar-refractivity contribution is 9.10. The van der Waals surface area contributed by atoms with Crippen LogP contribution in [0.1, 0.15) is 24.2 Å². The number of halogens is 1. The van der Waals surface area contributed by atoms with Crippen LogP contribution in [0.5, 0.6) is 11.5 Å². The first-order valence-electron chi connectivity index (χ1n) is 7.61. The number of hydrogen-bond acceptors (Lipinski definition) is 4. The van der Waals surface area contributed by atoms with Crippen LogP contribution in [0.15, 0.2) is 22.8 Å². The van der Waals surface area contributed by atoms with Gasteiger partial charge in [0.1, 0.15) is 13.2 Å². The lowest BCUT2D eigenvalue weighted by atomic mass is 10.1. The van der Waals surface area contributed by atoms with E-state index < -0.39 is 0 Å². The van der Waals surface area contributed by atoms with Gasteiger partial charge in [0, 0.05) is 34.9 Å². The molecule has 2 heterocycles. The van der Waals surface area contributed by atoms with Gasteiger partial charge in [0.05, 0.1) is 17.9 Å². The Morgan fingerprint density at radius 2 is 2.00 bits per heavy atom. The Labute approximate surface area is 148 Å². The topological polar surface area (TPSA) is 77.4 Å². The predicted molar refractivity (Wildman–Crippen MR) is 93.6 cm³/mol. The Morgan fingerprint density at radius 1 is 1.33 bits per heavy atom. The van der Waals surface area contributed by atoms with Crippen molar-refractivity contribution in [2.45, 2.75) is 19.9 Å². The standard InChI is InChI=1S/C16H19BrN4O3/c1-9(11-8-18-21(3)10(11)2)19-16(22)20-13-7-15-14(6-12(13)17)23-4-5-24-15/h6-9H,4-5H2,1-3H3,(H2,19,20,22). The van der Waals surface area contributed by atoms with Crippen LogP contribution in [0, 0.1) is 6.92 Å². The summed E-state index contributed by atoms with van der Waals surface area (Å²) in [5, 5.41) is 9.94. The molecule has 0 fully saturated rings. The van der Waals surface area contributed by atoms with Crippen LogP contribution in [0.4, 0.5) is 10.5 Å².